The smallest absolute Gasteiger partial charge is 0.271 e. The van der Waals surface area contributed by atoms with E-state index >= 15 is 0 Å². The summed E-state index contributed by atoms with van der Waals surface area (Å²) in [5.74, 6) is 0.475. The van der Waals surface area contributed by atoms with Crippen LogP contribution in [0.5, 0.6) is 0 Å². The first-order valence-corrected chi connectivity index (χ1v) is 5.53. The van der Waals surface area contributed by atoms with Gasteiger partial charge < -0.3 is 14.7 Å². The van der Waals surface area contributed by atoms with Gasteiger partial charge >= 0.3 is 0 Å². The molecule has 86 valence electrons. The van der Waals surface area contributed by atoms with Gasteiger partial charge in [-0.25, -0.2) is 4.98 Å². The van der Waals surface area contributed by atoms with Gasteiger partial charge in [0, 0.05) is 19.0 Å². The number of rotatable bonds is 2. The monoisotopic (exact) mass is 241 g/mol. The molecule has 1 fully saturated rings. The van der Waals surface area contributed by atoms with Gasteiger partial charge in [0.1, 0.15) is 11.3 Å². The van der Waals surface area contributed by atoms with Crippen molar-refractivity contribution in [1.82, 2.24) is 9.97 Å². The standard InChI is InChI=1S/C10H12ClN3O2/c11-8-9(12-6-13-10(8)16)14-3-1-2-7(4-14)5-15/h5-7H,1-4H2,(H,12,13,16). The van der Waals surface area contributed by atoms with Crippen molar-refractivity contribution >= 4 is 23.7 Å². The number of anilines is 1. The largest absolute Gasteiger partial charge is 0.354 e. The van der Waals surface area contributed by atoms with Gasteiger partial charge in [0.2, 0.25) is 0 Å². The molecule has 2 heterocycles. The number of halogens is 1. The molecular weight excluding hydrogens is 230 g/mol. The molecule has 1 aromatic rings. The van der Waals surface area contributed by atoms with Gasteiger partial charge in [0.15, 0.2) is 5.82 Å². The molecule has 2 rings (SSSR count). The number of piperidine rings is 1. The van der Waals surface area contributed by atoms with E-state index in [0.29, 0.717) is 12.4 Å². The SMILES string of the molecule is O=CC1CCCN(c2nc[nH]c(=O)c2Cl)C1. The van der Waals surface area contributed by atoms with Crippen molar-refractivity contribution in [3.8, 4) is 0 Å². The third kappa shape index (κ3) is 2.09. The van der Waals surface area contributed by atoms with E-state index < -0.39 is 0 Å². The molecule has 1 unspecified atom stereocenters. The van der Waals surface area contributed by atoms with E-state index in [4.69, 9.17) is 11.6 Å². The summed E-state index contributed by atoms with van der Waals surface area (Å²) in [5, 5.41) is 0.0917. The number of nitrogens with one attached hydrogen (secondary N) is 1. The van der Waals surface area contributed by atoms with Gasteiger partial charge in [-0.2, -0.15) is 0 Å². The van der Waals surface area contributed by atoms with Crippen molar-refractivity contribution < 1.29 is 4.79 Å². The zero-order valence-electron chi connectivity index (χ0n) is 8.65. The van der Waals surface area contributed by atoms with Crippen LogP contribution in [0.3, 0.4) is 0 Å². The number of carbonyl (C=O) groups excluding carboxylic acids is 1. The molecule has 0 aromatic carbocycles. The Kier molecular flexibility index (Phi) is 3.24. The Hall–Kier alpha value is -1.36. The highest BCUT2D eigenvalue weighted by Gasteiger charge is 2.22. The minimum Gasteiger partial charge on any atom is -0.354 e. The highest BCUT2D eigenvalue weighted by atomic mass is 35.5. The summed E-state index contributed by atoms with van der Waals surface area (Å²) in [7, 11) is 0. The van der Waals surface area contributed by atoms with E-state index in [-0.39, 0.29) is 16.5 Å². The van der Waals surface area contributed by atoms with Crippen LogP contribution in [0.1, 0.15) is 12.8 Å². The van der Waals surface area contributed by atoms with E-state index in [1.54, 1.807) is 0 Å². The first-order chi connectivity index (χ1) is 7.72. The number of hydrogen-bond donors (Lipinski definition) is 1. The van der Waals surface area contributed by atoms with E-state index in [1.165, 1.54) is 6.33 Å². The van der Waals surface area contributed by atoms with Crippen molar-refractivity contribution in [3.05, 3.63) is 21.7 Å². The second-order valence-corrected chi connectivity index (χ2v) is 4.23. The maximum atomic E-state index is 11.3. The van der Waals surface area contributed by atoms with Crippen LogP contribution in [0.25, 0.3) is 0 Å². The van der Waals surface area contributed by atoms with Crippen molar-refractivity contribution in [2.24, 2.45) is 5.92 Å². The first-order valence-electron chi connectivity index (χ1n) is 5.16. The second kappa shape index (κ2) is 4.65. The lowest BCUT2D eigenvalue weighted by Crippen LogP contribution is -2.37. The average molecular weight is 242 g/mol. The Labute approximate surface area is 97.4 Å². The molecule has 1 aromatic heterocycles. The molecule has 1 aliphatic heterocycles. The van der Waals surface area contributed by atoms with E-state index in [0.717, 1.165) is 25.7 Å². The fourth-order valence-electron chi connectivity index (χ4n) is 1.91. The summed E-state index contributed by atoms with van der Waals surface area (Å²) in [6, 6.07) is 0. The molecule has 0 saturated carbocycles. The van der Waals surface area contributed by atoms with Crippen molar-refractivity contribution in [3.63, 3.8) is 0 Å². The molecule has 6 heteroatoms. The molecule has 0 aliphatic carbocycles. The molecule has 5 nitrogen and oxygen atoms in total. The van der Waals surface area contributed by atoms with E-state index in [1.807, 2.05) is 4.90 Å². The highest BCUT2D eigenvalue weighted by molar-refractivity contribution is 6.32. The normalized spacial score (nSPS) is 20.8. The third-order valence-electron chi connectivity index (χ3n) is 2.73. The van der Waals surface area contributed by atoms with Crippen LogP contribution in [0.4, 0.5) is 5.82 Å². The van der Waals surface area contributed by atoms with Crippen LogP contribution in [0.2, 0.25) is 5.02 Å². The topological polar surface area (TPSA) is 66.1 Å². The van der Waals surface area contributed by atoms with E-state index in [9.17, 15) is 9.59 Å². The van der Waals surface area contributed by atoms with Crippen LogP contribution in [-0.4, -0.2) is 29.3 Å². The van der Waals surface area contributed by atoms with Crippen LogP contribution in [0.15, 0.2) is 11.1 Å². The molecule has 0 amide bonds. The van der Waals surface area contributed by atoms with Gasteiger partial charge in [-0.3, -0.25) is 4.79 Å². The number of aromatic amines is 1. The summed E-state index contributed by atoms with van der Waals surface area (Å²) < 4.78 is 0. The maximum absolute atomic E-state index is 11.3. The number of H-pyrrole nitrogens is 1. The van der Waals surface area contributed by atoms with Crippen molar-refractivity contribution in [2.45, 2.75) is 12.8 Å². The van der Waals surface area contributed by atoms with E-state index in [2.05, 4.69) is 9.97 Å². The van der Waals surface area contributed by atoms with Crippen LogP contribution >= 0.6 is 11.6 Å². The fraction of sp³-hybridized carbons (Fsp3) is 0.500. The zero-order valence-corrected chi connectivity index (χ0v) is 9.41. The Morgan fingerprint density at radius 1 is 1.62 bits per heavy atom. The predicted molar refractivity (Wildman–Crippen MR) is 60.9 cm³/mol. The third-order valence-corrected chi connectivity index (χ3v) is 3.07. The quantitative estimate of drug-likeness (QED) is 0.780. The highest BCUT2D eigenvalue weighted by Crippen LogP contribution is 2.24. The number of aromatic nitrogens is 2. The molecule has 0 radical (unpaired) electrons. The van der Waals surface area contributed by atoms with Gasteiger partial charge in [-0.05, 0) is 12.8 Å². The second-order valence-electron chi connectivity index (χ2n) is 3.85. The number of aldehydes is 1. The molecule has 1 N–H and O–H groups in total. The molecule has 1 aliphatic rings. The van der Waals surface area contributed by atoms with Crippen molar-refractivity contribution in [1.29, 1.82) is 0 Å². The van der Waals surface area contributed by atoms with Crippen LogP contribution in [0, 0.1) is 5.92 Å². The Balaban J connectivity index is 2.26. The minimum absolute atomic E-state index is 0.00547. The Morgan fingerprint density at radius 2 is 2.44 bits per heavy atom. The Morgan fingerprint density at radius 3 is 3.19 bits per heavy atom. The molecule has 1 saturated heterocycles. The molecule has 0 spiro atoms. The van der Waals surface area contributed by atoms with Gasteiger partial charge in [-0.15, -0.1) is 0 Å². The fourth-order valence-corrected chi connectivity index (χ4v) is 2.13. The summed E-state index contributed by atoms with van der Waals surface area (Å²) in [6.45, 7) is 1.36. The number of carbonyl (C=O) groups is 1. The van der Waals surface area contributed by atoms with Crippen LogP contribution in [-0.2, 0) is 4.79 Å². The Bertz CT molecular complexity index is 446. The number of nitrogens with zero attached hydrogens (tertiary/aromatic N) is 2. The van der Waals surface area contributed by atoms with Crippen LogP contribution < -0.4 is 10.5 Å². The lowest BCUT2D eigenvalue weighted by Gasteiger charge is -2.31. The van der Waals surface area contributed by atoms with Crippen molar-refractivity contribution in [2.75, 3.05) is 18.0 Å². The predicted octanol–water partition coefficient (Wildman–Crippen LogP) is 0.839. The maximum Gasteiger partial charge on any atom is 0.271 e. The molecule has 0 bridgehead atoms. The summed E-state index contributed by atoms with van der Waals surface area (Å²) in [6.07, 6.45) is 4.08. The summed E-state index contributed by atoms with van der Waals surface area (Å²) in [5.41, 5.74) is -0.347. The lowest BCUT2D eigenvalue weighted by atomic mass is 10.00. The van der Waals surface area contributed by atoms with Gasteiger partial charge in [0.05, 0.1) is 6.33 Å². The zero-order chi connectivity index (χ0) is 11.5. The minimum atomic E-state index is -0.347. The van der Waals surface area contributed by atoms with Gasteiger partial charge in [-0.1, -0.05) is 11.6 Å². The average Bonchev–Trinajstić information content (AvgIpc) is 2.33. The van der Waals surface area contributed by atoms with Gasteiger partial charge in [0.25, 0.3) is 5.56 Å². The molecular formula is C10H12ClN3O2. The summed E-state index contributed by atoms with van der Waals surface area (Å²) >= 11 is 5.88. The molecule has 1 atom stereocenters. The number of hydrogen-bond acceptors (Lipinski definition) is 4. The first kappa shape index (κ1) is 11.1. The lowest BCUT2D eigenvalue weighted by molar-refractivity contribution is -0.111. The molecule has 16 heavy (non-hydrogen) atoms. The summed E-state index contributed by atoms with van der Waals surface area (Å²) in [4.78, 5) is 30.4.